The molecule has 5 rings (SSSR count). The van der Waals surface area contributed by atoms with Crippen molar-refractivity contribution in [2.24, 2.45) is 0 Å². The Bertz CT molecular complexity index is 1010. The molecule has 95 valence electrons. The average Bonchev–Trinajstić information content (AvgIpc) is 2.94. The molecule has 21 heavy (non-hydrogen) atoms. The van der Waals surface area contributed by atoms with E-state index in [1.54, 1.807) is 0 Å². The fourth-order valence-electron chi connectivity index (χ4n) is 3.53. The van der Waals surface area contributed by atoms with Gasteiger partial charge >= 0.3 is 0 Å². The van der Waals surface area contributed by atoms with Crippen LogP contribution in [0, 0.1) is 0 Å². The molecule has 0 unspecified atom stereocenters. The Hall–Kier alpha value is -2.54. The van der Waals surface area contributed by atoms with Crippen molar-refractivity contribution >= 4 is 39.8 Å². The topological polar surface area (TPSA) is 0 Å². The molecule has 0 atom stereocenters. The molecule has 0 aliphatic carbocycles. The number of hydrogen-bond donors (Lipinski definition) is 0. The van der Waals surface area contributed by atoms with Crippen molar-refractivity contribution < 1.29 is 0 Å². The lowest BCUT2D eigenvalue weighted by molar-refractivity contribution is 1.74. The zero-order valence-corrected chi connectivity index (χ0v) is 11.5. The number of benzene rings is 4. The van der Waals surface area contributed by atoms with Crippen LogP contribution < -0.4 is 10.9 Å². The van der Waals surface area contributed by atoms with Crippen LogP contribution in [0.25, 0.3) is 32.7 Å². The van der Waals surface area contributed by atoms with Gasteiger partial charge in [-0.25, -0.2) is 0 Å². The van der Waals surface area contributed by atoms with Gasteiger partial charge in [0.15, 0.2) is 7.28 Å². The van der Waals surface area contributed by atoms with Crippen molar-refractivity contribution in [3.63, 3.8) is 0 Å². The highest BCUT2D eigenvalue weighted by Crippen LogP contribution is 2.31. The summed E-state index contributed by atoms with van der Waals surface area (Å²) in [5.41, 5.74) is 5.44. The molecule has 4 aromatic carbocycles. The molecule has 4 aromatic rings. The van der Waals surface area contributed by atoms with Crippen LogP contribution in [0.4, 0.5) is 0 Å². The third-order valence-corrected chi connectivity index (χ3v) is 4.50. The molecule has 1 heteroatoms. The first-order valence-electron chi connectivity index (χ1n) is 7.30. The lowest BCUT2D eigenvalue weighted by Gasteiger charge is -2.08. The van der Waals surface area contributed by atoms with E-state index in [9.17, 15) is 0 Å². The predicted molar refractivity (Wildman–Crippen MR) is 91.9 cm³/mol. The van der Waals surface area contributed by atoms with E-state index in [2.05, 4.69) is 80.1 Å². The van der Waals surface area contributed by atoms with Crippen LogP contribution in [0.3, 0.4) is 0 Å². The van der Waals surface area contributed by atoms with Gasteiger partial charge in [0.2, 0.25) is 0 Å². The van der Waals surface area contributed by atoms with Crippen LogP contribution in [0.2, 0.25) is 0 Å². The molecule has 0 spiro atoms. The second-order valence-corrected chi connectivity index (χ2v) is 5.64. The molecule has 0 saturated carbocycles. The van der Waals surface area contributed by atoms with Crippen molar-refractivity contribution in [2.75, 3.05) is 0 Å². The van der Waals surface area contributed by atoms with E-state index >= 15 is 0 Å². The van der Waals surface area contributed by atoms with Gasteiger partial charge in [0.25, 0.3) is 0 Å². The Morgan fingerprint density at radius 2 is 1.24 bits per heavy atom. The van der Waals surface area contributed by atoms with Crippen LogP contribution in [0.15, 0.2) is 72.8 Å². The second-order valence-electron chi connectivity index (χ2n) is 5.64. The van der Waals surface area contributed by atoms with Gasteiger partial charge in [0.1, 0.15) is 0 Å². The molecule has 0 fully saturated rings. The van der Waals surface area contributed by atoms with Crippen molar-refractivity contribution in [3.05, 3.63) is 72.8 Å². The summed E-state index contributed by atoms with van der Waals surface area (Å²) in [6.07, 6.45) is 0. The van der Waals surface area contributed by atoms with Crippen LogP contribution in [-0.4, -0.2) is 7.28 Å². The summed E-state index contributed by atoms with van der Waals surface area (Å²) in [5, 5.41) is 5.31. The van der Waals surface area contributed by atoms with Gasteiger partial charge in [-0.2, -0.15) is 0 Å². The highest BCUT2D eigenvalue weighted by Gasteiger charge is 2.22. The van der Waals surface area contributed by atoms with Gasteiger partial charge in [0.05, 0.1) is 0 Å². The molecule has 0 amide bonds. The maximum absolute atomic E-state index is 2.33. The third kappa shape index (κ3) is 1.46. The zero-order chi connectivity index (χ0) is 13.8. The van der Waals surface area contributed by atoms with Crippen LogP contribution in [-0.2, 0) is 0 Å². The molecule has 1 radical (unpaired) electrons. The first-order valence-corrected chi connectivity index (χ1v) is 7.30. The highest BCUT2D eigenvalue weighted by atomic mass is 14.2. The van der Waals surface area contributed by atoms with Crippen molar-refractivity contribution in [3.8, 4) is 11.1 Å². The summed E-state index contributed by atoms with van der Waals surface area (Å²) in [4.78, 5) is 0. The molecule has 0 saturated heterocycles. The van der Waals surface area contributed by atoms with Gasteiger partial charge in [-0.05, 0) is 32.7 Å². The van der Waals surface area contributed by atoms with E-state index in [0.717, 1.165) is 0 Å². The third-order valence-electron chi connectivity index (χ3n) is 4.50. The smallest absolute Gasteiger partial charge is 0.0731 e. The molecule has 0 N–H and O–H groups in total. The fourth-order valence-corrected chi connectivity index (χ4v) is 3.53. The van der Waals surface area contributed by atoms with Crippen LogP contribution in [0.1, 0.15) is 0 Å². The summed E-state index contributed by atoms with van der Waals surface area (Å²) in [7, 11) is 2.33. The van der Waals surface area contributed by atoms with E-state index in [4.69, 9.17) is 0 Å². The normalized spacial score (nSPS) is 12.2. The van der Waals surface area contributed by atoms with E-state index in [1.165, 1.54) is 43.6 Å². The Kier molecular flexibility index (Phi) is 2.12. The van der Waals surface area contributed by atoms with E-state index < -0.39 is 0 Å². The number of rotatable bonds is 0. The molecule has 0 nitrogen and oxygen atoms in total. The zero-order valence-electron chi connectivity index (χ0n) is 11.5. The maximum Gasteiger partial charge on any atom is 0.193 e. The minimum absolute atomic E-state index is 1.31. The lowest BCUT2D eigenvalue weighted by Crippen LogP contribution is -2.21. The van der Waals surface area contributed by atoms with Gasteiger partial charge in [-0.3, -0.25) is 0 Å². The Labute approximate surface area is 124 Å². The van der Waals surface area contributed by atoms with Crippen LogP contribution >= 0.6 is 0 Å². The largest absolute Gasteiger partial charge is 0.193 e. The molecule has 0 bridgehead atoms. The Morgan fingerprint density at radius 3 is 2.10 bits per heavy atom. The van der Waals surface area contributed by atoms with Gasteiger partial charge < -0.3 is 0 Å². The summed E-state index contributed by atoms with van der Waals surface area (Å²) in [6, 6.07) is 26.3. The Morgan fingerprint density at radius 1 is 0.571 bits per heavy atom. The highest BCUT2D eigenvalue weighted by molar-refractivity contribution is 6.76. The predicted octanol–water partition coefficient (Wildman–Crippen LogP) is 3.63. The molecule has 1 aliphatic rings. The standard InChI is InChI=1S/C20H12B/c1-3-7-15-13(5-1)10-12-18-19(15)17-11-9-14-6-2-4-8-16(14)20(17)21-18/h1-12H. The molecular weight excluding hydrogens is 251 g/mol. The lowest BCUT2D eigenvalue weighted by atomic mass is 9.66. The van der Waals surface area contributed by atoms with Crippen molar-refractivity contribution in [2.45, 2.75) is 0 Å². The van der Waals surface area contributed by atoms with Crippen LogP contribution in [0.5, 0.6) is 0 Å². The fraction of sp³-hybridized carbons (Fsp3) is 0. The number of fused-ring (bicyclic) bond motifs is 7. The minimum atomic E-state index is 1.31. The van der Waals surface area contributed by atoms with Gasteiger partial charge in [-0.15, -0.1) is 0 Å². The number of hydrogen-bond acceptors (Lipinski definition) is 0. The van der Waals surface area contributed by atoms with Gasteiger partial charge in [-0.1, -0.05) is 83.7 Å². The van der Waals surface area contributed by atoms with Crippen molar-refractivity contribution in [1.82, 2.24) is 0 Å². The minimum Gasteiger partial charge on any atom is -0.0731 e. The van der Waals surface area contributed by atoms with E-state index in [1.807, 2.05) is 0 Å². The first kappa shape index (κ1) is 11.2. The second kappa shape index (κ2) is 3.99. The summed E-state index contributed by atoms with van der Waals surface area (Å²) >= 11 is 0. The quantitative estimate of drug-likeness (QED) is 0.374. The molecular formula is C20H12B. The maximum atomic E-state index is 2.33. The van der Waals surface area contributed by atoms with E-state index in [0.29, 0.717) is 0 Å². The van der Waals surface area contributed by atoms with E-state index in [-0.39, 0.29) is 0 Å². The summed E-state index contributed by atoms with van der Waals surface area (Å²) < 4.78 is 0. The molecule has 1 aliphatic heterocycles. The summed E-state index contributed by atoms with van der Waals surface area (Å²) in [6.45, 7) is 0. The SMILES string of the molecule is [B]1c2ccc3ccccc3c2-c2ccc3ccccc3c21. The molecule has 1 heterocycles. The van der Waals surface area contributed by atoms with Crippen molar-refractivity contribution in [1.29, 1.82) is 0 Å². The van der Waals surface area contributed by atoms with Gasteiger partial charge in [0, 0.05) is 0 Å². The first-order chi connectivity index (χ1) is 10.4. The Balaban J connectivity index is 1.93. The average molecular weight is 263 g/mol. The molecule has 0 aromatic heterocycles. The monoisotopic (exact) mass is 263 g/mol. The summed E-state index contributed by atoms with van der Waals surface area (Å²) in [5.74, 6) is 0.